The number of fused-ring (bicyclic) bond motifs is 1. The Labute approximate surface area is 255 Å². The van der Waals surface area contributed by atoms with Crippen molar-refractivity contribution in [3.8, 4) is 5.75 Å². The predicted molar refractivity (Wildman–Crippen MR) is 159 cm³/mol. The fourth-order valence-corrected chi connectivity index (χ4v) is 5.48. The van der Waals surface area contributed by atoms with Crippen molar-refractivity contribution < 1.29 is 28.6 Å². The minimum atomic E-state index is -0.754. The maximum Gasteiger partial charge on any atom is 0.270 e. The number of amides is 2. The van der Waals surface area contributed by atoms with E-state index in [1.807, 2.05) is 11.0 Å². The fraction of sp³-hybridized carbons (Fsp3) is 0.500. The van der Waals surface area contributed by atoms with E-state index in [2.05, 4.69) is 42.6 Å². The number of ether oxygens (including phenoxy) is 2. The van der Waals surface area contributed by atoms with Gasteiger partial charge in [0.15, 0.2) is 12.2 Å². The van der Waals surface area contributed by atoms with Gasteiger partial charge in [-0.1, -0.05) is 6.07 Å². The van der Waals surface area contributed by atoms with Crippen LogP contribution in [0.1, 0.15) is 34.3 Å². The summed E-state index contributed by atoms with van der Waals surface area (Å²) in [5, 5.41) is 17.0. The predicted octanol–water partition coefficient (Wildman–Crippen LogP) is 0.672. The molecule has 0 saturated carbocycles. The lowest BCUT2D eigenvalue weighted by Gasteiger charge is -2.34. The summed E-state index contributed by atoms with van der Waals surface area (Å²) in [5.41, 5.74) is 2.63. The van der Waals surface area contributed by atoms with Gasteiger partial charge in [0.2, 0.25) is 11.9 Å². The number of oxazole rings is 1. The number of nitrogens with zero attached hydrogens (tertiary/aromatic N) is 6. The van der Waals surface area contributed by atoms with Crippen LogP contribution in [0, 0.1) is 0 Å². The smallest absolute Gasteiger partial charge is 0.270 e. The molecule has 5 heterocycles. The zero-order chi connectivity index (χ0) is 30.5. The molecule has 2 fully saturated rings. The number of aromatic nitrogens is 3. The van der Waals surface area contributed by atoms with Gasteiger partial charge in [0.05, 0.1) is 31.6 Å². The van der Waals surface area contributed by atoms with Crippen molar-refractivity contribution in [2.75, 3.05) is 69.2 Å². The third-order valence-electron chi connectivity index (χ3n) is 8.05. The summed E-state index contributed by atoms with van der Waals surface area (Å²) < 4.78 is 16.3. The van der Waals surface area contributed by atoms with Gasteiger partial charge in [0, 0.05) is 65.3 Å². The summed E-state index contributed by atoms with van der Waals surface area (Å²) in [7, 11) is 0. The Bertz CT molecular complexity index is 1440. The molecule has 44 heavy (non-hydrogen) atoms. The van der Waals surface area contributed by atoms with Crippen LogP contribution in [-0.2, 0) is 29.1 Å². The molecule has 6 rings (SSSR count). The van der Waals surface area contributed by atoms with E-state index in [4.69, 9.17) is 13.9 Å². The van der Waals surface area contributed by atoms with E-state index in [1.54, 1.807) is 24.1 Å². The molecule has 0 spiro atoms. The number of benzene rings is 1. The zero-order valence-electron chi connectivity index (χ0n) is 24.8. The number of aliphatic hydroxyl groups is 1. The Morgan fingerprint density at radius 2 is 1.95 bits per heavy atom. The number of nitrogens with one attached hydrogen (secondary N) is 2. The topological polar surface area (TPSA) is 158 Å². The lowest BCUT2D eigenvalue weighted by Crippen LogP contribution is -2.49. The maximum atomic E-state index is 13.2. The number of hydrogen-bond donors (Lipinski definition) is 3. The monoisotopic (exact) mass is 606 g/mol. The Hall–Kier alpha value is -4.27. The molecule has 1 aromatic carbocycles. The highest BCUT2D eigenvalue weighted by atomic mass is 16.5. The SMILES string of the molecule is CC(=O)N1CCN(c2nc(NC3COC3)cc(C(=O)NC[C@H](O)CN3CCc4cc(OCc5cnco5)ccc4C3)n2)CC1. The molecule has 234 valence electrons. The maximum absolute atomic E-state index is 13.2. The van der Waals surface area contributed by atoms with Gasteiger partial charge in [-0.05, 0) is 29.7 Å². The van der Waals surface area contributed by atoms with E-state index in [1.165, 1.54) is 17.5 Å². The summed E-state index contributed by atoms with van der Waals surface area (Å²) in [5.74, 6) is 2.08. The van der Waals surface area contributed by atoms with Crippen LogP contribution in [-0.4, -0.2) is 113 Å². The van der Waals surface area contributed by atoms with Crippen molar-refractivity contribution in [3.05, 3.63) is 59.4 Å². The average molecular weight is 607 g/mol. The minimum absolute atomic E-state index is 0.0391. The van der Waals surface area contributed by atoms with Crippen molar-refractivity contribution in [1.82, 2.24) is 30.1 Å². The van der Waals surface area contributed by atoms with Crippen molar-refractivity contribution in [2.45, 2.75) is 38.6 Å². The Kier molecular flexibility index (Phi) is 9.19. The number of hydrogen-bond acceptors (Lipinski definition) is 12. The molecule has 0 unspecified atom stereocenters. The third-order valence-corrected chi connectivity index (χ3v) is 8.05. The normalized spacial score (nSPS) is 17.9. The highest BCUT2D eigenvalue weighted by molar-refractivity contribution is 5.93. The van der Waals surface area contributed by atoms with Gasteiger partial charge < -0.3 is 39.4 Å². The largest absolute Gasteiger partial charge is 0.486 e. The summed E-state index contributed by atoms with van der Waals surface area (Å²) >= 11 is 0. The first-order valence-corrected chi connectivity index (χ1v) is 14.9. The second-order valence-corrected chi connectivity index (χ2v) is 11.3. The van der Waals surface area contributed by atoms with E-state index in [-0.39, 0.29) is 30.1 Å². The first kappa shape index (κ1) is 29.8. The molecular formula is C30H38N8O6. The number of carbonyl (C=O) groups is 2. The molecule has 2 aromatic heterocycles. The number of piperazine rings is 1. The van der Waals surface area contributed by atoms with E-state index in [0.29, 0.717) is 76.6 Å². The number of carbonyl (C=O) groups excluding carboxylic acids is 2. The van der Waals surface area contributed by atoms with Crippen LogP contribution >= 0.6 is 0 Å². The Morgan fingerprint density at radius 3 is 2.68 bits per heavy atom. The van der Waals surface area contributed by atoms with Gasteiger partial charge in [-0.25, -0.2) is 9.97 Å². The molecule has 3 aromatic rings. The number of aliphatic hydroxyl groups excluding tert-OH is 1. The van der Waals surface area contributed by atoms with E-state index < -0.39 is 6.10 Å². The first-order valence-electron chi connectivity index (χ1n) is 14.9. The van der Waals surface area contributed by atoms with Crippen LogP contribution in [0.5, 0.6) is 5.75 Å². The minimum Gasteiger partial charge on any atom is -0.486 e. The molecule has 3 aliphatic rings. The third kappa shape index (κ3) is 7.44. The molecule has 14 heteroatoms. The van der Waals surface area contributed by atoms with Gasteiger partial charge in [-0.3, -0.25) is 14.5 Å². The van der Waals surface area contributed by atoms with Gasteiger partial charge in [-0.2, -0.15) is 4.98 Å². The standard InChI is InChI=1S/C30H38N8O6/c1-20(39)37-6-8-38(9-7-37)30-34-27(11-28(35-30)33-23-16-42-17-23)29(41)32-12-24(40)15-36-5-4-21-10-25(3-2-22(21)14-36)43-18-26-13-31-19-44-26/h2-3,10-11,13,19,23-24,40H,4-9,12,14-18H2,1H3,(H,32,41)(H,33,34,35)/t24-/m0/s1. The number of anilines is 2. The average Bonchev–Trinajstić information content (AvgIpc) is 3.54. The van der Waals surface area contributed by atoms with Crippen molar-refractivity contribution >= 4 is 23.6 Å². The van der Waals surface area contributed by atoms with Gasteiger partial charge in [0.1, 0.15) is 23.9 Å². The van der Waals surface area contributed by atoms with E-state index in [9.17, 15) is 14.7 Å². The van der Waals surface area contributed by atoms with Crippen LogP contribution in [0.25, 0.3) is 0 Å². The quantitative estimate of drug-likeness (QED) is 0.281. The molecule has 3 N–H and O–H groups in total. The second kappa shape index (κ2) is 13.6. The summed E-state index contributed by atoms with van der Waals surface area (Å²) in [6, 6.07) is 7.80. The van der Waals surface area contributed by atoms with E-state index >= 15 is 0 Å². The van der Waals surface area contributed by atoms with Crippen molar-refractivity contribution in [2.24, 2.45) is 0 Å². The Morgan fingerprint density at radius 1 is 1.11 bits per heavy atom. The molecule has 0 bridgehead atoms. The Balaban J connectivity index is 1.02. The van der Waals surface area contributed by atoms with E-state index in [0.717, 1.165) is 18.7 Å². The highest BCUT2D eigenvalue weighted by Gasteiger charge is 2.25. The molecule has 2 saturated heterocycles. The number of rotatable bonds is 11. The zero-order valence-corrected chi connectivity index (χ0v) is 24.8. The first-order chi connectivity index (χ1) is 21.4. The molecule has 2 amide bonds. The number of β-amino-alcohol motifs (C(OH)–C–C–N with tert-alkyl or cyclic N) is 1. The van der Waals surface area contributed by atoms with Gasteiger partial charge in [-0.15, -0.1) is 0 Å². The molecule has 1 atom stereocenters. The lowest BCUT2D eigenvalue weighted by molar-refractivity contribution is -0.129. The van der Waals surface area contributed by atoms with Crippen LogP contribution < -0.4 is 20.3 Å². The second-order valence-electron chi connectivity index (χ2n) is 11.3. The van der Waals surface area contributed by atoms with Crippen molar-refractivity contribution in [1.29, 1.82) is 0 Å². The van der Waals surface area contributed by atoms with Gasteiger partial charge in [0.25, 0.3) is 5.91 Å². The molecule has 14 nitrogen and oxygen atoms in total. The highest BCUT2D eigenvalue weighted by Crippen LogP contribution is 2.25. The van der Waals surface area contributed by atoms with Crippen molar-refractivity contribution in [3.63, 3.8) is 0 Å². The van der Waals surface area contributed by atoms with Crippen LogP contribution in [0.3, 0.4) is 0 Å². The molecule has 3 aliphatic heterocycles. The molecule has 0 radical (unpaired) electrons. The molecule has 0 aliphatic carbocycles. The van der Waals surface area contributed by atoms with Gasteiger partial charge >= 0.3 is 0 Å². The fourth-order valence-electron chi connectivity index (χ4n) is 5.48. The summed E-state index contributed by atoms with van der Waals surface area (Å²) in [6.45, 7) is 7.33. The van der Waals surface area contributed by atoms with Crippen LogP contribution in [0.4, 0.5) is 11.8 Å². The molecular weight excluding hydrogens is 568 g/mol. The summed E-state index contributed by atoms with van der Waals surface area (Å²) in [4.78, 5) is 44.0. The van der Waals surface area contributed by atoms with Crippen LogP contribution in [0.15, 0.2) is 41.3 Å². The lowest BCUT2D eigenvalue weighted by atomic mass is 9.99. The summed E-state index contributed by atoms with van der Waals surface area (Å²) in [6.07, 6.45) is 3.10. The van der Waals surface area contributed by atoms with Crippen LogP contribution in [0.2, 0.25) is 0 Å².